The summed E-state index contributed by atoms with van der Waals surface area (Å²) in [7, 11) is 0. The van der Waals surface area contributed by atoms with Gasteiger partial charge >= 0.3 is 0 Å². The van der Waals surface area contributed by atoms with Crippen molar-refractivity contribution in [3.63, 3.8) is 0 Å². The van der Waals surface area contributed by atoms with E-state index in [0.717, 1.165) is 44.5 Å². The smallest absolute Gasteiger partial charge is 0.273 e. The zero-order valence-corrected chi connectivity index (χ0v) is 17.0. The van der Waals surface area contributed by atoms with Crippen LogP contribution in [0.15, 0.2) is 24.3 Å². The Morgan fingerprint density at radius 2 is 2.00 bits per heavy atom. The summed E-state index contributed by atoms with van der Waals surface area (Å²) in [6, 6.07) is 9.08. The predicted molar refractivity (Wildman–Crippen MR) is 110 cm³/mol. The molecule has 0 unspecified atom stereocenters. The summed E-state index contributed by atoms with van der Waals surface area (Å²) >= 11 is 0. The average Bonchev–Trinajstić information content (AvgIpc) is 3.34. The molecule has 28 heavy (non-hydrogen) atoms. The van der Waals surface area contributed by atoms with E-state index < -0.39 is 0 Å². The van der Waals surface area contributed by atoms with Crippen molar-refractivity contribution in [2.75, 3.05) is 19.6 Å². The zero-order valence-electron chi connectivity index (χ0n) is 17.0. The lowest BCUT2D eigenvalue weighted by Crippen LogP contribution is -2.39. The second-order valence-corrected chi connectivity index (χ2v) is 8.49. The number of carbonyl (C=O) groups excluding carboxylic acids is 1. The van der Waals surface area contributed by atoms with Gasteiger partial charge in [-0.25, -0.2) is 4.68 Å². The van der Waals surface area contributed by atoms with Gasteiger partial charge in [-0.2, -0.15) is 0 Å². The second kappa shape index (κ2) is 8.03. The van der Waals surface area contributed by atoms with Crippen LogP contribution in [-0.4, -0.2) is 40.5 Å². The van der Waals surface area contributed by atoms with Gasteiger partial charge in [0, 0.05) is 12.0 Å². The third kappa shape index (κ3) is 3.70. The number of nitrogens with one attached hydrogen (secondary N) is 2. The van der Waals surface area contributed by atoms with Gasteiger partial charge in [0.05, 0.1) is 11.7 Å². The second-order valence-electron chi connectivity index (χ2n) is 8.49. The molecular formula is C22H31N5O. The Bertz CT molecular complexity index is 831. The van der Waals surface area contributed by atoms with Crippen LogP contribution in [0.2, 0.25) is 0 Å². The van der Waals surface area contributed by atoms with Crippen LogP contribution in [0.25, 0.3) is 0 Å². The maximum atomic E-state index is 12.9. The molecule has 2 fully saturated rings. The van der Waals surface area contributed by atoms with Gasteiger partial charge in [0.25, 0.3) is 5.91 Å². The van der Waals surface area contributed by atoms with Crippen molar-refractivity contribution < 1.29 is 4.79 Å². The van der Waals surface area contributed by atoms with Gasteiger partial charge in [-0.3, -0.25) is 4.79 Å². The number of hydrogen-bond acceptors (Lipinski definition) is 4. The van der Waals surface area contributed by atoms with E-state index >= 15 is 0 Å². The first kappa shape index (κ1) is 19.1. The van der Waals surface area contributed by atoms with E-state index in [1.54, 1.807) is 0 Å². The topological polar surface area (TPSA) is 71.8 Å². The van der Waals surface area contributed by atoms with Crippen molar-refractivity contribution in [1.82, 2.24) is 25.6 Å². The number of hydrogen-bond donors (Lipinski definition) is 2. The highest BCUT2D eigenvalue weighted by molar-refractivity contribution is 5.93. The van der Waals surface area contributed by atoms with E-state index in [1.807, 2.05) is 11.6 Å². The Kier molecular flexibility index (Phi) is 5.49. The Morgan fingerprint density at radius 1 is 1.25 bits per heavy atom. The van der Waals surface area contributed by atoms with Gasteiger partial charge in [0.15, 0.2) is 5.69 Å². The lowest BCUT2D eigenvalue weighted by atomic mass is 9.78. The van der Waals surface area contributed by atoms with Gasteiger partial charge in [0.2, 0.25) is 0 Å². The number of aromatic nitrogens is 3. The summed E-state index contributed by atoms with van der Waals surface area (Å²) in [5.74, 6) is -0.100. The van der Waals surface area contributed by atoms with E-state index in [0.29, 0.717) is 18.3 Å². The fourth-order valence-electron chi connectivity index (χ4n) is 4.88. The summed E-state index contributed by atoms with van der Waals surface area (Å²) in [5.41, 5.74) is 4.01. The summed E-state index contributed by atoms with van der Waals surface area (Å²) in [6.07, 6.45) is 6.74. The van der Waals surface area contributed by atoms with Crippen LogP contribution in [0, 0.1) is 13.8 Å². The van der Waals surface area contributed by atoms with Crippen molar-refractivity contribution in [2.45, 2.75) is 63.8 Å². The molecule has 6 nitrogen and oxygen atoms in total. The monoisotopic (exact) mass is 381 g/mol. The van der Waals surface area contributed by atoms with Gasteiger partial charge in [0.1, 0.15) is 0 Å². The first-order valence-electron chi connectivity index (χ1n) is 10.6. The number of piperidine rings is 1. The molecule has 2 aromatic rings. The molecular weight excluding hydrogens is 350 g/mol. The molecule has 2 heterocycles. The Morgan fingerprint density at radius 3 is 2.71 bits per heavy atom. The van der Waals surface area contributed by atoms with E-state index in [1.165, 1.54) is 24.0 Å². The fourth-order valence-corrected chi connectivity index (χ4v) is 4.88. The SMILES string of the molecule is Cc1cccc(C2(CNC(=O)c3nnn(C4CCNCC4)c3C)CCCC2)c1. The summed E-state index contributed by atoms with van der Waals surface area (Å²) < 4.78 is 1.95. The van der Waals surface area contributed by atoms with E-state index in [-0.39, 0.29) is 11.3 Å². The first-order chi connectivity index (χ1) is 13.6. The van der Waals surface area contributed by atoms with Crippen LogP contribution in [0.3, 0.4) is 0 Å². The zero-order chi connectivity index (χ0) is 19.6. The number of rotatable bonds is 5. The van der Waals surface area contributed by atoms with Crippen LogP contribution < -0.4 is 10.6 Å². The molecule has 6 heteroatoms. The molecule has 0 atom stereocenters. The minimum Gasteiger partial charge on any atom is -0.350 e. The quantitative estimate of drug-likeness (QED) is 0.835. The van der Waals surface area contributed by atoms with Crippen LogP contribution >= 0.6 is 0 Å². The van der Waals surface area contributed by atoms with Crippen molar-refractivity contribution in [2.24, 2.45) is 0 Å². The molecule has 0 radical (unpaired) electrons. The van der Waals surface area contributed by atoms with E-state index in [9.17, 15) is 4.79 Å². The van der Waals surface area contributed by atoms with Crippen molar-refractivity contribution >= 4 is 5.91 Å². The van der Waals surface area contributed by atoms with Crippen LogP contribution in [-0.2, 0) is 5.41 Å². The van der Waals surface area contributed by atoms with Crippen LogP contribution in [0.5, 0.6) is 0 Å². The minimum atomic E-state index is -0.100. The summed E-state index contributed by atoms with van der Waals surface area (Å²) in [6.45, 7) is 6.74. The third-order valence-corrected chi connectivity index (χ3v) is 6.58. The molecule has 4 rings (SSSR count). The molecule has 1 aromatic heterocycles. The average molecular weight is 382 g/mol. The van der Waals surface area contributed by atoms with E-state index in [2.05, 4.69) is 52.1 Å². The first-order valence-corrected chi connectivity index (χ1v) is 10.6. The fraction of sp³-hybridized carbons (Fsp3) is 0.591. The summed E-state index contributed by atoms with van der Waals surface area (Å²) in [5, 5.41) is 15.1. The number of carbonyl (C=O) groups is 1. The highest BCUT2D eigenvalue weighted by Gasteiger charge is 2.36. The molecule has 150 valence electrons. The molecule has 0 bridgehead atoms. The molecule has 2 N–H and O–H groups in total. The standard InChI is InChI=1S/C22H31N5O/c1-16-6-5-7-18(14-16)22(10-3-4-11-22)15-24-21(28)20-17(2)27(26-25-20)19-8-12-23-13-9-19/h5-7,14,19,23H,3-4,8-13,15H2,1-2H3,(H,24,28). The van der Waals surface area contributed by atoms with E-state index in [4.69, 9.17) is 0 Å². The maximum absolute atomic E-state index is 12.9. The maximum Gasteiger partial charge on any atom is 0.273 e. The highest BCUT2D eigenvalue weighted by atomic mass is 16.2. The number of aryl methyl sites for hydroxylation is 1. The molecule has 1 aliphatic carbocycles. The van der Waals surface area contributed by atoms with Gasteiger partial charge in [-0.1, -0.05) is 47.9 Å². The predicted octanol–water partition coefficient (Wildman–Crippen LogP) is 3.06. The lowest BCUT2D eigenvalue weighted by molar-refractivity contribution is 0.0937. The molecule has 1 aromatic carbocycles. The Balaban J connectivity index is 1.48. The summed E-state index contributed by atoms with van der Waals surface area (Å²) in [4.78, 5) is 12.9. The number of amides is 1. The van der Waals surface area contributed by atoms with Gasteiger partial charge in [-0.15, -0.1) is 5.10 Å². The van der Waals surface area contributed by atoms with Crippen molar-refractivity contribution in [1.29, 1.82) is 0 Å². The van der Waals surface area contributed by atoms with Crippen molar-refractivity contribution in [3.05, 3.63) is 46.8 Å². The number of nitrogens with zero attached hydrogens (tertiary/aromatic N) is 3. The minimum absolute atomic E-state index is 0.0423. The molecule has 2 aliphatic rings. The third-order valence-electron chi connectivity index (χ3n) is 6.58. The Hall–Kier alpha value is -2.21. The van der Waals surface area contributed by atoms with Crippen LogP contribution in [0.1, 0.15) is 71.9 Å². The Labute approximate surface area is 167 Å². The highest BCUT2D eigenvalue weighted by Crippen LogP contribution is 2.41. The molecule has 1 saturated carbocycles. The molecule has 1 saturated heterocycles. The van der Waals surface area contributed by atoms with Gasteiger partial charge in [-0.05, 0) is 58.2 Å². The largest absolute Gasteiger partial charge is 0.350 e. The normalized spacial score (nSPS) is 19.6. The molecule has 0 spiro atoms. The lowest BCUT2D eigenvalue weighted by Gasteiger charge is -2.30. The van der Waals surface area contributed by atoms with Crippen molar-refractivity contribution in [3.8, 4) is 0 Å². The van der Waals surface area contributed by atoms with Crippen LogP contribution in [0.4, 0.5) is 0 Å². The molecule has 1 aliphatic heterocycles. The molecule has 1 amide bonds. The van der Waals surface area contributed by atoms with Gasteiger partial charge < -0.3 is 10.6 Å². The number of benzene rings is 1.